The summed E-state index contributed by atoms with van der Waals surface area (Å²) in [7, 11) is 0. The van der Waals surface area contributed by atoms with E-state index in [1.165, 1.54) is 38.9 Å². The minimum atomic E-state index is 0.670. The molecule has 1 aliphatic rings. The van der Waals surface area contributed by atoms with Crippen LogP contribution in [0.15, 0.2) is 0 Å². The van der Waals surface area contributed by atoms with Crippen LogP contribution in [0.1, 0.15) is 60.8 Å². The van der Waals surface area contributed by atoms with Crippen molar-refractivity contribution in [3.05, 3.63) is 0 Å². The molecule has 0 spiro atoms. The van der Waals surface area contributed by atoms with Crippen molar-refractivity contribution in [3.8, 4) is 0 Å². The van der Waals surface area contributed by atoms with Gasteiger partial charge in [0.15, 0.2) is 0 Å². The lowest BCUT2D eigenvalue weighted by Crippen LogP contribution is -2.50. The summed E-state index contributed by atoms with van der Waals surface area (Å²) in [6, 6.07) is 1.40. The predicted molar refractivity (Wildman–Crippen MR) is 85.5 cm³/mol. The maximum Gasteiger partial charge on any atom is 0.0113 e. The van der Waals surface area contributed by atoms with Gasteiger partial charge in [-0.1, -0.05) is 27.7 Å². The fourth-order valence-electron chi connectivity index (χ4n) is 3.76. The van der Waals surface area contributed by atoms with E-state index in [0.717, 1.165) is 23.8 Å². The highest BCUT2D eigenvalue weighted by molar-refractivity contribution is 4.89. The number of nitrogens with zero attached hydrogens (tertiary/aromatic N) is 1. The summed E-state index contributed by atoms with van der Waals surface area (Å²) in [4.78, 5) is 2.64. The Kier molecular flexibility index (Phi) is 7.38. The van der Waals surface area contributed by atoms with Crippen LogP contribution in [0, 0.1) is 17.8 Å². The molecule has 1 saturated carbocycles. The Labute approximate surface area is 121 Å². The molecule has 1 aliphatic carbocycles. The van der Waals surface area contributed by atoms with E-state index in [2.05, 4.69) is 51.8 Å². The number of hydrogen-bond acceptors (Lipinski definition) is 2. The second-order valence-corrected chi connectivity index (χ2v) is 6.96. The molecule has 2 nitrogen and oxygen atoms in total. The van der Waals surface area contributed by atoms with Gasteiger partial charge in [0.1, 0.15) is 0 Å². The molecular weight excluding hydrogens is 232 g/mol. The van der Waals surface area contributed by atoms with Crippen LogP contribution in [-0.2, 0) is 0 Å². The summed E-state index contributed by atoms with van der Waals surface area (Å²) >= 11 is 0. The third-order valence-corrected chi connectivity index (χ3v) is 4.92. The highest BCUT2D eigenvalue weighted by Gasteiger charge is 2.34. The SMILES string of the molecule is CCCNC1CC(C)CC(C)C1CN(CC)C(C)C. The average Bonchev–Trinajstić information content (AvgIpc) is 2.34. The fraction of sp³-hybridized carbons (Fsp3) is 1.00. The lowest BCUT2D eigenvalue weighted by atomic mass is 9.72. The zero-order valence-corrected chi connectivity index (χ0v) is 14.1. The topological polar surface area (TPSA) is 15.3 Å². The molecule has 114 valence electrons. The first-order valence-electron chi connectivity index (χ1n) is 8.46. The first kappa shape index (κ1) is 17.0. The smallest absolute Gasteiger partial charge is 0.0113 e. The van der Waals surface area contributed by atoms with Gasteiger partial charge in [0.05, 0.1) is 0 Å². The van der Waals surface area contributed by atoms with Gasteiger partial charge in [-0.05, 0) is 64.0 Å². The van der Waals surface area contributed by atoms with Crippen LogP contribution < -0.4 is 5.32 Å². The molecule has 0 aliphatic heterocycles. The van der Waals surface area contributed by atoms with Crippen LogP contribution in [0.25, 0.3) is 0 Å². The van der Waals surface area contributed by atoms with Crippen molar-refractivity contribution >= 4 is 0 Å². The van der Waals surface area contributed by atoms with Gasteiger partial charge in [-0.2, -0.15) is 0 Å². The summed E-state index contributed by atoms with van der Waals surface area (Å²) in [5, 5.41) is 3.82. The number of rotatable bonds is 7. The van der Waals surface area contributed by atoms with Crippen LogP contribution in [0.5, 0.6) is 0 Å². The van der Waals surface area contributed by atoms with Gasteiger partial charge < -0.3 is 10.2 Å². The zero-order chi connectivity index (χ0) is 14.4. The van der Waals surface area contributed by atoms with Crippen molar-refractivity contribution in [2.75, 3.05) is 19.6 Å². The summed E-state index contributed by atoms with van der Waals surface area (Å²) in [6.07, 6.45) is 4.02. The minimum Gasteiger partial charge on any atom is -0.314 e. The first-order chi connectivity index (χ1) is 8.99. The Morgan fingerprint density at radius 2 is 1.84 bits per heavy atom. The zero-order valence-electron chi connectivity index (χ0n) is 14.1. The van der Waals surface area contributed by atoms with Crippen LogP contribution >= 0.6 is 0 Å². The Balaban J connectivity index is 2.67. The molecule has 0 bridgehead atoms. The molecule has 4 unspecified atom stereocenters. The summed E-state index contributed by atoms with van der Waals surface area (Å²) in [6.45, 7) is 17.7. The average molecular weight is 268 g/mol. The molecule has 0 aromatic rings. The van der Waals surface area contributed by atoms with Gasteiger partial charge in [0.25, 0.3) is 0 Å². The monoisotopic (exact) mass is 268 g/mol. The van der Waals surface area contributed by atoms with E-state index >= 15 is 0 Å². The van der Waals surface area contributed by atoms with Crippen LogP contribution in [0.4, 0.5) is 0 Å². The Hall–Kier alpha value is -0.0800. The van der Waals surface area contributed by atoms with Crippen molar-refractivity contribution in [2.24, 2.45) is 17.8 Å². The van der Waals surface area contributed by atoms with E-state index in [1.807, 2.05) is 0 Å². The number of hydrogen-bond donors (Lipinski definition) is 1. The fourth-order valence-corrected chi connectivity index (χ4v) is 3.76. The standard InChI is InChI=1S/C17H36N2/c1-7-9-18-17-11-14(5)10-15(6)16(17)12-19(8-2)13(3)4/h13-18H,7-12H2,1-6H3. The van der Waals surface area contributed by atoms with E-state index in [0.29, 0.717) is 6.04 Å². The van der Waals surface area contributed by atoms with E-state index in [1.54, 1.807) is 0 Å². The molecule has 0 aromatic heterocycles. The lowest BCUT2D eigenvalue weighted by Gasteiger charge is -2.43. The highest BCUT2D eigenvalue weighted by Crippen LogP contribution is 2.34. The Morgan fingerprint density at radius 3 is 2.37 bits per heavy atom. The first-order valence-corrected chi connectivity index (χ1v) is 8.46. The summed E-state index contributed by atoms with van der Waals surface area (Å²) < 4.78 is 0. The maximum atomic E-state index is 3.82. The molecule has 19 heavy (non-hydrogen) atoms. The van der Waals surface area contributed by atoms with Crippen LogP contribution in [0.3, 0.4) is 0 Å². The van der Waals surface area contributed by atoms with Crippen molar-refractivity contribution in [2.45, 2.75) is 72.9 Å². The molecule has 2 heteroatoms. The van der Waals surface area contributed by atoms with Crippen LogP contribution in [0.2, 0.25) is 0 Å². The van der Waals surface area contributed by atoms with Crippen molar-refractivity contribution in [1.29, 1.82) is 0 Å². The van der Waals surface area contributed by atoms with Gasteiger partial charge >= 0.3 is 0 Å². The van der Waals surface area contributed by atoms with E-state index in [9.17, 15) is 0 Å². The second kappa shape index (κ2) is 8.26. The summed E-state index contributed by atoms with van der Waals surface area (Å²) in [5.74, 6) is 2.56. The summed E-state index contributed by atoms with van der Waals surface area (Å²) in [5.41, 5.74) is 0. The Morgan fingerprint density at radius 1 is 1.16 bits per heavy atom. The van der Waals surface area contributed by atoms with Gasteiger partial charge in [-0.25, -0.2) is 0 Å². The largest absolute Gasteiger partial charge is 0.314 e. The normalized spacial score (nSPS) is 32.2. The third kappa shape index (κ3) is 5.07. The van der Waals surface area contributed by atoms with Gasteiger partial charge in [-0.3, -0.25) is 0 Å². The molecule has 0 radical (unpaired) electrons. The molecule has 1 fully saturated rings. The molecule has 1 rings (SSSR count). The van der Waals surface area contributed by atoms with Crippen molar-refractivity contribution in [3.63, 3.8) is 0 Å². The second-order valence-electron chi connectivity index (χ2n) is 6.96. The van der Waals surface area contributed by atoms with Gasteiger partial charge in [0, 0.05) is 18.6 Å². The molecule has 4 atom stereocenters. The molecule has 0 saturated heterocycles. The third-order valence-electron chi connectivity index (χ3n) is 4.92. The van der Waals surface area contributed by atoms with E-state index in [4.69, 9.17) is 0 Å². The highest BCUT2D eigenvalue weighted by atomic mass is 15.1. The molecular formula is C17H36N2. The predicted octanol–water partition coefficient (Wildman–Crippen LogP) is 3.77. The maximum absolute atomic E-state index is 3.82. The number of nitrogens with one attached hydrogen (secondary N) is 1. The quantitative estimate of drug-likeness (QED) is 0.756. The Bertz CT molecular complexity index is 239. The molecule has 0 aromatic carbocycles. The van der Waals surface area contributed by atoms with E-state index < -0.39 is 0 Å². The molecule has 0 amide bonds. The van der Waals surface area contributed by atoms with E-state index in [-0.39, 0.29) is 0 Å². The van der Waals surface area contributed by atoms with Crippen molar-refractivity contribution < 1.29 is 0 Å². The van der Waals surface area contributed by atoms with Gasteiger partial charge in [-0.15, -0.1) is 0 Å². The molecule has 0 heterocycles. The molecule has 1 N–H and O–H groups in total. The van der Waals surface area contributed by atoms with Crippen molar-refractivity contribution in [1.82, 2.24) is 10.2 Å². The van der Waals surface area contributed by atoms with Crippen LogP contribution in [-0.4, -0.2) is 36.6 Å². The van der Waals surface area contributed by atoms with Gasteiger partial charge in [0.2, 0.25) is 0 Å². The minimum absolute atomic E-state index is 0.670. The lowest BCUT2D eigenvalue weighted by molar-refractivity contribution is 0.0899.